The number of aryl methyl sites for hydroxylation is 1. The Morgan fingerprint density at radius 2 is 1.57 bits per heavy atom. The molecule has 0 spiro atoms. The Morgan fingerprint density at radius 3 is 2.09 bits per heavy atom. The summed E-state index contributed by atoms with van der Waals surface area (Å²) >= 11 is 0. The quantitative estimate of drug-likeness (QED) is 0.529. The van der Waals surface area contributed by atoms with Gasteiger partial charge < -0.3 is 14.7 Å². The number of amides is 1. The molecule has 1 heterocycles. The van der Waals surface area contributed by atoms with Gasteiger partial charge >= 0.3 is 5.97 Å². The van der Waals surface area contributed by atoms with E-state index >= 15 is 0 Å². The monoisotopic (exact) mass is 479 g/mol. The van der Waals surface area contributed by atoms with Crippen LogP contribution in [0, 0.1) is 26.2 Å². The summed E-state index contributed by atoms with van der Waals surface area (Å²) < 4.78 is 6.15. The number of nitrogens with zero attached hydrogens (tertiary/aromatic N) is 1. The van der Waals surface area contributed by atoms with Crippen LogP contribution in [0.1, 0.15) is 87.4 Å². The van der Waals surface area contributed by atoms with Crippen LogP contribution in [-0.4, -0.2) is 34.0 Å². The van der Waals surface area contributed by atoms with E-state index in [1.165, 1.54) is 0 Å². The number of carbonyl (C=O) groups excluding carboxylic acids is 1. The molecule has 5 nitrogen and oxygen atoms in total. The summed E-state index contributed by atoms with van der Waals surface area (Å²) in [6.45, 7) is 19.2. The van der Waals surface area contributed by atoms with Gasteiger partial charge in [0, 0.05) is 25.1 Å². The molecular weight excluding hydrogens is 438 g/mol. The number of hydrogen-bond acceptors (Lipinski definition) is 3. The number of ether oxygens (including phenoxy) is 1. The second kappa shape index (κ2) is 9.77. The molecule has 1 aliphatic rings. The molecule has 1 aliphatic heterocycles. The lowest BCUT2D eigenvalue weighted by Gasteiger charge is -2.36. The first-order valence-corrected chi connectivity index (χ1v) is 12.5. The zero-order chi connectivity index (χ0) is 26.3. The first kappa shape index (κ1) is 26.9. The maximum Gasteiger partial charge on any atom is 0.337 e. The average molecular weight is 480 g/mol. The minimum absolute atomic E-state index is 0.0712. The number of benzene rings is 2. The molecule has 1 atom stereocenters. The fraction of sp³-hybridized carbons (Fsp3) is 0.533. The van der Waals surface area contributed by atoms with Gasteiger partial charge in [-0.25, -0.2) is 4.79 Å². The molecule has 3 rings (SSSR count). The van der Waals surface area contributed by atoms with Gasteiger partial charge in [0.15, 0.2) is 6.10 Å². The molecule has 0 saturated carbocycles. The fourth-order valence-corrected chi connectivity index (χ4v) is 5.01. The summed E-state index contributed by atoms with van der Waals surface area (Å²) in [7, 11) is 0. The van der Waals surface area contributed by atoms with Gasteiger partial charge in [0.05, 0.1) is 5.60 Å². The van der Waals surface area contributed by atoms with Crippen LogP contribution in [-0.2, 0) is 27.3 Å². The number of carboxylic acid groups (broad SMARTS) is 1. The lowest BCUT2D eigenvalue weighted by atomic mass is 9.80. The van der Waals surface area contributed by atoms with Crippen LogP contribution in [0.25, 0.3) is 11.1 Å². The zero-order valence-electron chi connectivity index (χ0n) is 22.8. The Bertz CT molecular complexity index is 1120. The van der Waals surface area contributed by atoms with Gasteiger partial charge in [-0.1, -0.05) is 50.6 Å². The summed E-state index contributed by atoms with van der Waals surface area (Å²) in [6.07, 6.45) is 0.126. The first-order chi connectivity index (χ1) is 16.1. The van der Waals surface area contributed by atoms with Crippen molar-refractivity contribution in [3.63, 3.8) is 0 Å². The van der Waals surface area contributed by atoms with Crippen molar-refractivity contribution in [3.8, 4) is 11.1 Å². The maximum atomic E-state index is 13.1. The van der Waals surface area contributed by atoms with E-state index in [0.29, 0.717) is 25.9 Å². The Hall–Kier alpha value is -2.66. The molecule has 190 valence electrons. The Balaban J connectivity index is 2.23. The van der Waals surface area contributed by atoms with E-state index in [1.807, 2.05) is 63.8 Å². The highest BCUT2D eigenvalue weighted by Gasteiger charge is 2.35. The Morgan fingerprint density at radius 1 is 0.971 bits per heavy atom. The molecule has 0 aromatic heterocycles. The van der Waals surface area contributed by atoms with Gasteiger partial charge in [0.25, 0.3) is 0 Å². The number of carbonyl (C=O) groups is 2. The summed E-state index contributed by atoms with van der Waals surface area (Å²) in [5.74, 6) is -0.825. The van der Waals surface area contributed by atoms with Crippen molar-refractivity contribution < 1.29 is 19.4 Å². The van der Waals surface area contributed by atoms with Crippen LogP contribution in [0.4, 0.5) is 0 Å². The molecule has 5 heteroatoms. The van der Waals surface area contributed by atoms with Crippen molar-refractivity contribution in [2.24, 2.45) is 5.41 Å². The number of fused-ring (bicyclic) bond motifs is 1. The molecule has 1 amide bonds. The number of carboxylic acids is 1. The van der Waals surface area contributed by atoms with E-state index in [1.54, 1.807) is 0 Å². The minimum atomic E-state index is -1.09. The van der Waals surface area contributed by atoms with Gasteiger partial charge in [-0.2, -0.15) is 0 Å². The van der Waals surface area contributed by atoms with Crippen molar-refractivity contribution in [3.05, 3.63) is 57.6 Å². The smallest absolute Gasteiger partial charge is 0.337 e. The third kappa shape index (κ3) is 6.13. The van der Waals surface area contributed by atoms with Crippen LogP contribution >= 0.6 is 0 Å². The van der Waals surface area contributed by atoms with E-state index < -0.39 is 17.7 Å². The van der Waals surface area contributed by atoms with Gasteiger partial charge in [-0.05, 0) is 86.8 Å². The van der Waals surface area contributed by atoms with E-state index in [2.05, 4.69) is 27.7 Å². The topological polar surface area (TPSA) is 66.8 Å². The first-order valence-electron chi connectivity index (χ1n) is 12.5. The maximum absolute atomic E-state index is 13.1. The van der Waals surface area contributed by atoms with Crippen molar-refractivity contribution in [2.75, 3.05) is 6.54 Å². The van der Waals surface area contributed by atoms with Crippen LogP contribution < -0.4 is 0 Å². The molecule has 2 aromatic carbocycles. The van der Waals surface area contributed by atoms with Crippen molar-refractivity contribution in [1.29, 1.82) is 0 Å². The van der Waals surface area contributed by atoms with Crippen LogP contribution in [0.2, 0.25) is 0 Å². The normalized spacial score (nSPS) is 15.1. The third-order valence-corrected chi connectivity index (χ3v) is 6.63. The van der Waals surface area contributed by atoms with E-state index in [0.717, 1.165) is 44.5 Å². The molecule has 0 aliphatic carbocycles. The van der Waals surface area contributed by atoms with Crippen LogP contribution in [0.3, 0.4) is 0 Å². The van der Waals surface area contributed by atoms with E-state index in [9.17, 15) is 14.7 Å². The molecule has 0 saturated heterocycles. The second-order valence-corrected chi connectivity index (χ2v) is 12.1. The molecule has 1 N–H and O–H groups in total. The summed E-state index contributed by atoms with van der Waals surface area (Å²) in [4.78, 5) is 27.6. The predicted molar refractivity (Wildman–Crippen MR) is 140 cm³/mol. The molecular formula is C30H41NO4. The largest absolute Gasteiger partial charge is 0.479 e. The lowest BCUT2D eigenvalue weighted by Crippen LogP contribution is -2.39. The van der Waals surface area contributed by atoms with Crippen molar-refractivity contribution in [1.82, 2.24) is 4.90 Å². The molecule has 0 fully saturated rings. The van der Waals surface area contributed by atoms with Gasteiger partial charge in [0.2, 0.25) is 5.91 Å². The van der Waals surface area contributed by atoms with Crippen molar-refractivity contribution >= 4 is 11.9 Å². The predicted octanol–water partition coefficient (Wildman–Crippen LogP) is 6.54. The second-order valence-electron chi connectivity index (χ2n) is 12.1. The molecule has 35 heavy (non-hydrogen) atoms. The summed E-state index contributed by atoms with van der Waals surface area (Å²) in [5.41, 5.74) is 7.32. The van der Waals surface area contributed by atoms with E-state index in [4.69, 9.17) is 4.74 Å². The third-order valence-electron chi connectivity index (χ3n) is 6.63. The molecule has 1 unspecified atom stereocenters. The standard InChI is InChI=1S/C30H41NO4/c1-18-10-12-21(13-11-18)25-20(3)23-17-31(24(32)16-29(4,5)6)15-14-22(23)19(2)26(25)27(28(33)34)35-30(7,8)9/h10-13,27H,14-17H2,1-9H3,(H,33,34). The van der Waals surface area contributed by atoms with Crippen LogP contribution in [0.15, 0.2) is 24.3 Å². The highest BCUT2D eigenvalue weighted by Crippen LogP contribution is 2.42. The molecule has 0 radical (unpaired) electrons. The summed E-state index contributed by atoms with van der Waals surface area (Å²) in [6, 6.07) is 8.20. The highest BCUT2D eigenvalue weighted by molar-refractivity contribution is 5.84. The minimum Gasteiger partial charge on any atom is -0.479 e. The summed E-state index contributed by atoms with van der Waals surface area (Å²) in [5, 5.41) is 10.3. The highest BCUT2D eigenvalue weighted by atomic mass is 16.5. The Kier molecular flexibility index (Phi) is 7.52. The average Bonchev–Trinajstić information content (AvgIpc) is 2.73. The molecule has 0 bridgehead atoms. The lowest BCUT2D eigenvalue weighted by molar-refractivity contribution is -0.160. The van der Waals surface area contributed by atoms with Gasteiger partial charge in [0.1, 0.15) is 0 Å². The van der Waals surface area contributed by atoms with Gasteiger partial charge in [-0.3, -0.25) is 4.79 Å². The Labute approximate surface area is 210 Å². The molecule has 2 aromatic rings. The van der Waals surface area contributed by atoms with E-state index in [-0.39, 0.29) is 11.3 Å². The fourth-order valence-electron chi connectivity index (χ4n) is 5.01. The number of hydrogen-bond donors (Lipinski definition) is 1. The zero-order valence-corrected chi connectivity index (χ0v) is 22.8. The SMILES string of the molecule is Cc1ccc(-c2c(C)c3c(c(C)c2C(OC(C)(C)C)C(=O)O)CCN(C(=O)CC(C)(C)C)C3)cc1. The number of aliphatic carboxylic acids is 1. The van der Waals surface area contributed by atoms with Crippen molar-refractivity contribution in [2.45, 2.75) is 93.4 Å². The van der Waals surface area contributed by atoms with Gasteiger partial charge in [-0.15, -0.1) is 0 Å². The van der Waals surface area contributed by atoms with Crippen LogP contribution in [0.5, 0.6) is 0 Å². The number of rotatable bonds is 5.